The number of aromatic hydroxyl groups is 1. The van der Waals surface area contributed by atoms with Gasteiger partial charge < -0.3 is 26.4 Å². The lowest BCUT2D eigenvalue weighted by atomic mass is 10.1. The van der Waals surface area contributed by atoms with Gasteiger partial charge in [-0.1, -0.05) is 19.1 Å². The van der Waals surface area contributed by atoms with Gasteiger partial charge in [-0.25, -0.2) is 4.98 Å². The standard InChI is InChI=1S/C23H25N5O2/c1-3-9-24-13-15-5-7-17-20(11-15)28-23(30)21-18(8-10-25-22(21)27-17)26-19-12-16(29)6-4-14(19)2/h4-8,10-12,24,29H,3,9,13H2,1-2H3,(H,28,30)(H2,25,26,27). The van der Waals surface area contributed by atoms with Crippen molar-refractivity contribution in [2.24, 2.45) is 0 Å². The van der Waals surface area contributed by atoms with Crippen molar-refractivity contribution in [2.45, 2.75) is 26.8 Å². The molecule has 0 saturated carbocycles. The topological polar surface area (TPSA) is 98.3 Å². The van der Waals surface area contributed by atoms with E-state index in [9.17, 15) is 9.90 Å². The number of carbonyl (C=O) groups is 1. The number of phenols is 1. The zero-order chi connectivity index (χ0) is 21.1. The number of fused-ring (bicyclic) bond motifs is 2. The van der Waals surface area contributed by atoms with Gasteiger partial charge in [0.25, 0.3) is 5.91 Å². The number of hydrogen-bond acceptors (Lipinski definition) is 6. The molecule has 0 bridgehead atoms. The Kier molecular flexibility index (Phi) is 5.54. The number of aromatic nitrogens is 1. The highest BCUT2D eigenvalue weighted by Crippen LogP contribution is 2.36. The van der Waals surface area contributed by atoms with Gasteiger partial charge in [-0.2, -0.15) is 0 Å². The Morgan fingerprint density at radius 3 is 2.73 bits per heavy atom. The van der Waals surface area contributed by atoms with Crippen molar-refractivity contribution < 1.29 is 9.90 Å². The fourth-order valence-corrected chi connectivity index (χ4v) is 3.42. The maximum absolute atomic E-state index is 13.1. The van der Waals surface area contributed by atoms with Crippen molar-refractivity contribution in [3.8, 4) is 5.75 Å². The van der Waals surface area contributed by atoms with Crippen LogP contribution in [-0.2, 0) is 6.54 Å². The smallest absolute Gasteiger partial charge is 0.261 e. The van der Waals surface area contributed by atoms with E-state index in [-0.39, 0.29) is 11.7 Å². The van der Waals surface area contributed by atoms with Gasteiger partial charge in [-0.05, 0) is 55.3 Å². The molecule has 0 spiro atoms. The third-order valence-corrected chi connectivity index (χ3v) is 5.01. The van der Waals surface area contributed by atoms with Gasteiger partial charge in [-0.15, -0.1) is 0 Å². The fourth-order valence-electron chi connectivity index (χ4n) is 3.42. The summed E-state index contributed by atoms with van der Waals surface area (Å²) in [6.45, 7) is 5.75. The van der Waals surface area contributed by atoms with Crippen LogP contribution >= 0.6 is 0 Å². The summed E-state index contributed by atoms with van der Waals surface area (Å²) in [5.74, 6) is 0.386. The fraction of sp³-hybridized carbons (Fsp3) is 0.217. The molecule has 1 aliphatic rings. The van der Waals surface area contributed by atoms with Gasteiger partial charge >= 0.3 is 0 Å². The zero-order valence-electron chi connectivity index (χ0n) is 17.0. The largest absolute Gasteiger partial charge is 0.508 e. The van der Waals surface area contributed by atoms with E-state index in [1.54, 1.807) is 24.4 Å². The van der Waals surface area contributed by atoms with Gasteiger partial charge in [0.15, 0.2) is 0 Å². The molecule has 0 aliphatic carbocycles. The molecule has 5 N–H and O–H groups in total. The second-order valence-corrected chi connectivity index (χ2v) is 7.34. The molecule has 0 fully saturated rings. The van der Waals surface area contributed by atoms with Gasteiger partial charge in [0.05, 0.1) is 17.1 Å². The first kappa shape index (κ1) is 19.7. The minimum atomic E-state index is -0.247. The SMILES string of the molecule is CCCNCc1ccc2c(c1)NC(=O)c1c(Nc3cc(O)ccc3C)ccnc1N2. The van der Waals surface area contributed by atoms with Crippen LogP contribution in [0.3, 0.4) is 0 Å². The van der Waals surface area contributed by atoms with Crippen molar-refractivity contribution in [3.63, 3.8) is 0 Å². The van der Waals surface area contributed by atoms with E-state index in [1.807, 2.05) is 31.2 Å². The van der Waals surface area contributed by atoms with Crippen molar-refractivity contribution >= 4 is 34.5 Å². The van der Waals surface area contributed by atoms with Crippen molar-refractivity contribution in [1.29, 1.82) is 0 Å². The third kappa shape index (κ3) is 4.06. The van der Waals surface area contributed by atoms with Gasteiger partial charge in [0, 0.05) is 24.5 Å². The van der Waals surface area contributed by atoms with Gasteiger partial charge in [-0.3, -0.25) is 4.79 Å². The van der Waals surface area contributed by atoms with Crippen LogP contribution in [0.5, 0.6) is 5.75 Å². The Balaban J connectivity index is 1.65. The Morgan fingerprint density at radius 2 is 1.90 bits per heavy atom. The predicted octanol–water partition coefficient (Wildman–Crippen LogP) is 4.65. The highest BCUT2D eigenvalue weighted by atomic mass is 16.3. The van der Waals surface area contributed by atoms with Crippen molar-refractivity contribution in [2.75, 3.05) is 22.5 Å². The van der Waals surface area contributed by atoms with Crippen LogP contribution < -0.4 is 21.3 Å². The molecule has 2 aromatic carbocycles. The average Bonchev–Trinajstić information content (AvgIpc) is 2.87. The Labute approximate surface area is 175 Å². The first-order chi connectivity index (χ1) is 14.5. The number of phenolic OH excluding ortho intramolecular Hbond substituents is 1. The second kappa shape index (κ2) is 8.42. The molecule has 1 amide bonds. The molecular formula is C23H25N5O2. The Bertz CT molecular complexity index is 1100. The molecule has 2 heterocycles. The van der Waals surface area contributed by atoms with E-state index >= 15 is 0 Å². The van der Waals surface area contributed by atoms with Gasteiger partial charge in [0.2, 0.25) is 0 Å². The van der Waals surface area contributed by atoms with Crippen LogP contribution in [0.25, 0.3) is 0 Å². The van der Waals surface area contributed by atoms with E-state index < -0.39 is 0 Å². The molecule has 154 valence electrons. The summed E-state index contributed by atoms with van der Waals surface area (Å²) in [6, 6.07) is 12.8. The minimum absolute atomic E-state index is 0.155. The maximum atomic E-state index is 13.1. The molecular weight excluding hydrogens is 378 g/mol. The number of anilines is 5. The van der Waals surface area contributed by atoms with E-state index in [2.05, 4.69) is 33.2 Å². The summed E-state index contributed by atoms with van der Waals surface area (Å²) in [6.07, 6.45) is 2.71. The summed E-state index contributed by atoms with van der Waals surface area (Å²) < 4.78 is 0. The first-order valence-corrected chi connectivity index (χ1v) is 10.0. The maximum Gasteiger partial charge on any atom is 0.261 e. The molecule has 4 rings (SSSR count). The second-order valence-electron chi connectivity index (χ2n) is 7.34. The minimum Gasteiger partial charge on any atom is -0.508 e. The Hall–Kier alpha value is -3.58. The number of nitrogens with zero attached hydrogens (tertiary/aromatic N) is 1. The van der Waals surface area contributed by atoms with E-state index in [0.29, 0.717) is 22.8 Å². The zero-order valence-corrected chi connectivity index (χ0v) is 17.0. The molecule has 0 atom stereocenters. The number of amides is 1. The summed E-state index contributed by atoms with van der Waals surface area (Å²) in [7, 11) is 0. The molecule has 1 aliphatic heterocycles. The molecule has 7 heteroatoms. The van der Waals surface area contributed by atoms with Crippen LogP contribution in [0.15, 0.2) is 48.7 Å². The molecule has 1 aromatic heterocycles. The molecule has 0 radical (unpaired) electrons. The summed E-state index contributed by atoms with van der Waals surface area (Å²) in [4.78, 5) is 17.5. The lowest BCUT2D eigenvalue weighted by Gasteiger charge is -2.14. The highest BCUT2D eigenvalue weighted by Gasteiger charge is 2.24. The number of pyridine rings is 1. The molecule has 0 unspecified atom stereocenters. The lowest BCUT2D eigenvalue weighted by molar-refractivity contribution is 0.102. The third-order valence-electron chi connectivity index (χ3n) is 5.01. The average molecular weight is 403 g/mol. The molecule has 7 nitrogen and oxygen atoms in total. The first-order valence-electron chi connectivity index (χ1n) is 10.0. The van der Waals surface area contributed by atoms with Crippen LogP contribution in [-0.4, -0.2) is 22.5 Å². The van der Waals surface area contributed by atoms with Crippen LogP contribution in [0.1, 0.15) is 34.8 Å². The van der Waals surface area contributed by atoms with Crippen molar-refractivity contribution in [3.05, 3.63) is 65.4 Å². The predicted molar refractivity (Wildman–Crippen MR) is 120 cm³/mol. The molecule has 3 aromatic rings. The van der Waals surface area contributed by atoms with E-state index in [1.165, 1.54) is 0 Å². The van der Waals surface area contributed by atoms with Gasteiger partial charge in [0.1, 0.15) is 17.1 Å². The number of rotatable bonds is 6. The van der Waals surface area contributed by atoms with Crippen LogP contribution in [0, 0.1) is 6.92 Å². The van der Waals surface area contributed by atoms with E-state index in [0.717, 1.165) is 42.0 Å². The number of hydrogen-bond donors (Lipinski definition) is 5. The summed E-state index contributed by atoms with van der Waals surface area (Å²) >= 11 is 0. The van der Waals surface area contributed by atoms with E-state index in [4.69, 9.17) is 0 Å². The summed E-state index contributed by atoms with van der Waals surface area (Å²) in [5.41, 5.74) is 5.30. The molecule has 30 heavy (non-hydrogen) atoms. The van der Waals surface area contributed by atoms with Crippen LogP contribution in [0.2, 0.25) is 0 Å². The number of benzene rings is 2. The number of nitrogens with one attached hydrogen (secondary N) is 4. The summed E-state index contributed by atoms with van der Waals surface area (Å²) in [5, 5.41) is 22.7. The lowest BCUT2D eigenvalue weighted by Crippen LogP contribution is -2.15. The monoisotopic (exact) mass is 403 g/mol. The normalized spacial score (nSPS) is 12.3. The molecule has 0 saturated heterocycles. The quantitative estimate of drug-likeness (QED) is 0.384. The van der Waals surface area contributed by atoms with Crippen molar-refractivity contribution in [1.82, 2.24) is 10.3 Å². The Morgan fingerprint density at radius 1 is 1.03 bits per heavy atom. The number of aryl methyl sites for hydroxylation is 1. The van der Waals surface area contributed by atoms with Crippen LogP contribution in [0.4, 0.5) is 28.6 Å². The highest BCUT2D eigenvalue weighted by molar-refractivity contribution is 6.15. The number of carbonyl (C=O) groups excluding carboxylic acids is 1.